The molecule has 4 aromatic rings. The van der Waals surface area contributed by atoms with Crippen LogP contribution < -0.4 is 0 Å². The molecule has 1 aliphatic heterocycles. The quantitative estimate of drug-likeness (QED) is 0.558. The van der Waals surface area contributed by atoms with Gasteiger partial charge in [0.15, 0.2) is 11.5 Å². The summed E-state index contributed by atoms with van der Waals surface area (Å²) >= 11 is 1.72. The van der Waals surface area contributed by atoms with Crippen LogP contribution >= 0.6 is 11.3 Å². The molecule has 1 saturated heterocycles. The molecule has 1 aliphatic rings. The van der Waals surface area contributed by atoms with E-state index in [2.05, 4.69) is 20.9 Å². The van der Waals surface area contributed by atoms with E-state index in [-0.39, 0.29) is 0 Å². The van der Waals surface area contributed by atoms with Gasteiger partial charge in [-0.25, -0.2) is 14.5 Å². The van der Waals surface area contributed by atoms with Gasteiger partial charge in [-0.15, -0.1) is 11.3 Å². The highest BCUT2D eigenvalue weighted by Gasteiger charge is 2.27. The predicted molar refractivity (Wildman–Crippen MR) is 101 cm³/mol. The minimum atomic E-state index is 0.388. The number of pyridine rings is 2. The molecule has 0 saturated carbocycles. The summed E-state index contributed by atoms with van der Waals surface area (Å²) in [4.78, 5) is 15.7. The maximum Gasteiger partial charge on any atom is 0.156 e. The third kappa shape index (κ3) is 3.00. The van der Waals surface area contributed by atoms with Crippen molar-refractivity contribution >= 4 is 17.0 Å². The van der Waals surface area contributed by atoms with E-state index in [0.717, 1.165) is 48.7 Å². The summed E-state index contributed by atoms with van der Waals surface area (Å²) in [6, 6.07) is 8.14. The van der Waals surface area contributed by atoms with Crippen molar-refractivity contribution in [3.05, 3.63) is 65.3 Å². The first kappa shape index (κ1) is 15.6. The van der Waals surface area contributed by atoms with Gasteiger partial charge in [0.1, 0.15) is 5.01 Å². The van der Waals surface area contributed by atoms with Gasteiger partial charge in [-0.3, -0.25) is 9.88 Å². The van der Waals surface area contributed by atoms with E-state index in [0.29, 0.717) is 5.92 Å². The average molecular weight is 362 g/mol. The molecular formula is C19H18N6S. The van der Waals surface area contributed by atoms with Gasteiger partial charge in [-0.1, -0.05) is 0 Å². The Bertz CT molecular complexity index is 1010. The van der Waals surface area contributed by atoms with Crippen molar-refractivity contribution < 1.29 is 0 Å². The fraction of sp³-hybridized carbons (Fsp3) is 0.263. The van der Waals surface area contributed by atoms with E-state index in [9.17, 15) is 0 Å². The lowest BCUT2D eigenvalue weighted by Gasteiger charge is -2.12. The van der Waals surface area contributed by atoms with E-state index in [1.54, 1.807) is 11.3 Å². The predicted octanol–water partition coefficient (Wildman–Crippen LogP) is 3.24. The van der Waals surface area contributed by atoms with Crippen LogP contribution in [-0.2, 0) is 6.54 Å². The number of rotatable bonds is 4. The van der Waals surface area contributed by atoms with Crippen LogP contribution in [0, 0.1) is 0 Å². The lowest BCUT2D eigenvalue weighted by molar-refractivity contribution is 0.325. The van der Waals surface area contributed by atoms with Gasteiger partial charge < -0.3 is 0 Å². The molecule has 1 fully saturated rings. The molecule has 0 aliphatic carbocycles. The number of hydrogen-bond donors (Lipinski definition) is 0. The van der Waals surface area contributed by atoms with E-state index in [4.69, 9.17) is 10.1 Å². The zero-order valence-electron chi connectivity index (χ0n) is 14.2. The van der Waals surface area contributed by atoms with Crippen LogP contribution in [0.25, 0.3) is 16.8 Å². The highest BCUT2D eigenvalue weighted by atomic mass is 32.1. The monoisotopic (exact) mass is 362 g/mol. The Labute approximate surface area is 155 Å². The van der Waals surface area contributed by atoms with Crippen molar-refractivity contribution in [1.29, 1.82) is 0 Å². The van der Waals surface area contributed by atoms with Crippen LogP contribution in [0.4, 0.5) is 0 Å². The molecule has 0 aromatic carbocycles. The van der Waals surface area contributed by atoms with Crippen molar-refractivity contribution in [3.8, 4) is 11.1 Å². The third-order valence-corrected chi connectivity index (χ3v) is 5.61. The first-order chi connectivity index (χ1) is 12.8. The number of nitrogens with zero attached hydrogens (tertiary/aromatic N) is 6. The van der Waals surface area contributed by atoms with Crippen molar-refractivity contribution in [2.45, 2.75) is 18.9 Å². The summed E-state index contributed by atoms with van der Waals surface area (Å²) in [5, 5.41) is 7.97. The fourth-order valence-corrected chi connectivity index (χ4v) is 4.16. The number of hydrogen-bond acceptors (Lipinski definition) is 6. The zero-order valence-corrected chi connectivity index (χ0v) is 15.0. The Hall–Kier alpha value is -2.64. The second-order valence-corrected chi connectivity index (χ2v) is 7.55. The van der Waals surface area contributed by atoms with Crippen LogP contribution in [0.3, 0.4) is 0 Å². The Kier molecular flexibility index (Phi) is 3.95. The minimum absolute atomic E-state index is 0.388. The molecule has 130 valence electrons. The molecule has 7 heteroatoms. The SMILES string of the molecule is c1cc(-c2ccc3nc([C@H]4CCN(Cc5nccs5)C4)nn3c2)ccn1. The van der Waals surface area contributed by atoms with Gasteiger partial charge >= 0.3 is 0 Å². The molecule has 6 nitrogen and oxygen atoms in total. The first-order valence-corrected chi connectivity index (χ1v) is 9.60. The molecule has 0 spiro atoms. The van der Waals surface area contributed by atoms with Crippen molar-refractivity contribution in [1.82, 2.24) is 29.5 Å². The molecule has 1 atom stereocenters. The third-order valence-electron chi connectivity index (χ3n) is 4.84. The highest BCUT2D eigenvalue weighted by Crippen LogP contribution is 2.27. The number of likely N-dealkylation sites (tertiary alicyclic amines) is 1. The van der Waals surface area contributed by atoms with Crippen LogP contribution in [0.15, 0.2) is 54.4 Å². The average Bonchev–Trinajstić information content (AvgIpc) is 3.42. The number of fused-ring (bicyclic) bond motifs is 1. The Morgan fingerprint density at radius 1 is 1.08 bits per heavy atom. The van der Waals surface area contributed by atoms with E-state index in [1.165, 1.54) is 5.01 Å². The zero-order chi connectivity index (χ0) is 17.3. The van der Waals surface area contributed by atoms with Gasteiger partial charge in [-0.2, -0.15) is 5.10 Å². The summed E-state index contributed by atoms with van der Waals surface area (Å²) in [7, 11) is 0. The normalized spacial score (nSPS) is 17.9. The summed E-state index contributed by atoms with van der Waals surface area (Å²) in [5.74, 6) is 1.33. The molecule has 5 rings (SSSR count). The summed E-state index contributed by atoms with van der Waals surface area (Å²) in [6.07, 6.45) is 8.63. The van der Waals surface area contributed by atoms with Crippen LogP contribution in [0.5, 0.6) is 0 Å². The molecule has 0 amide bonds. The topological polar surface area (TPSA) is 59.2 Å². The molecule has 0 radical (unpaired) electrons. The molecule has 0 bridgehead atoms. The van der Waals surface area contributed by atoms with E-state index >= 15 is 0 Å². The summed E-state index contributed by atoms with van der Waals surface area (Å²) < 4.78 is 1.90. The van der Waals surface area contributed by atoms with Crippen molar-refractivity contribution in [3.63, 3.8) is 0 Å². The fourth-order valence-electron chi connectivity index (χ4n) is 3.50. The largest absolute Gasteiger partial charge is 0.296 e. The van der Waals surface area contributed by atoms with Gasteiger partial charge in [0.2, 0.25) is 0 Å². The van der Waals surface area contributed by atoms with Gasteiger partial charge in [-0.05, 0) is 42.8 Å². The minimum Gasteiger partial charge on any atom is -0.296 e. The Morgan fingerprint density at radius 2 is 2.00 bits per heavy atom. The van der Waals surface area contributed by atoms with Crippen molar-refractivity contribution in [2.75, 3.05) is 13.1 Å². The molecule has 0 N–H and O–H groups in total. The summed E-state index contributed by atoms with van der Waals surface area (Å²) in [5.41, 5.74) is 3.15. The molecule has 4 aromatic heterocycles. The van der Waals surface area contributed by atoms with Crippen LogP contribution in [-0.4, -0.2) is 42.6 Å². The molecule has 5 heterocycles. The van der Waals surface area contributed by atoms with Crippen LogP contribution in [0.1, 0.15) is 23.2 Å². The lowest BCUT2D eigenvalue weighted by atomic mass is 10.1. The number of aromatic nitrogens is 5. The highest BCUT2D eigenvalue weighted by molar-refractivity contribution is 7.09. The van der Waals surface area contributed by atoms with E-state index < -0.39 is 0 Å². The maximum absolute atomic E-state index is 4.76. The first-order valence-electron chi connectivity index (χ1n) is 8.72. The maximum atomic E-state index is 4.76. The number of thiazole rings is 1. The van der Waals surface area contributed by atoms with Gasteiger partial charge in [0.05, 0.1) is 6.54 Å². The van der Waals surface area contributed by atoms with E-state index in [1.807, 2.05) is 52.9 Å². The van der Waals surface area contributed by atoms with Gasteiger partial charge in [0.25, 0.3) is 0 Å². The lowest BCUT2D eigenvalue weighted by Crippen LogP contribution is -2.19. The second kappa shape index (κ2) is 6.59. The standard InChI is InChI=1S/C19H18N6S/c1-2-17-22-19(16-5-9-24(11-16)13-18-21-8-10-26-18)23-25(17)12-15(1)14-3-6-20-7-4-14/h1-4,6-8,10,12,16H,5,9,11,13H2/t16-/m0/s1. The smallest absolute Gasteiger partial charge is 0.156 e. The van der Waals surface area contributed by atoms with Crippen molar-refractivity contribution in [2.24, 2.45) is 0 Å². The Morgan fingerprint density at radius 3 is 2.85 bits per heavy atom. The molecular weight excluding hydrogens is 344 g/mol. The molecule has 26 heavy (non-hydrogen) atoms. The Balaban J connectivity index is 1.36. The van der Waals surface area contributed by atoms with Crippen LogP contribution in [0.2, 0.25) is 0 Å². The summed E-state index contributed by atoms with van der Waals surface area (Å²) in [6.45, 7) is 2.99. The molecule has 0 unspecified atom stereocenters. The van der Waals surface area contributed by atoms with Gasteiger partial charge in [0, 0.05) is 48.2 Å². The second-order valence-electron chi connectivity index (χ2n) is 6.57.